The Bertz CT molecular complexity index is 1110. The zero-order chi connectivity index (χ0) is 28.7. The molecular weight excluding hydrogens is 472 g/mol. The smallest absolute Gasteiger partial charge is 0.302 e. The van der Waals surface area contributed by atoms with Crippen LogP contribution in [0.2, 0.25) is 0 Å². The third kappa shape index (κ3) is 13.8. The molecule has 1 atom stereocenters. The molecule has 4 heteroatoms. The molecule has 0 bridgehead atoms. The van der Waals surface area contributed by atoms with Crippen LogP contribution in [0, 0.1) is 5.41 Å². The van der Waals surface area contributed by atoms with Gasteiger partial charge in [0.15, 0.2) is 0 Å². The molecule has 4 nitrogen and oxygen atoms in total. The Hall–Kier alpha value is -3.40. The fourth-order valence-corrected chi connectivity index (χ4v) is 4.24. The number of rotatable bonds is 11. The molecule has 0 N–H and O–H groups in total. The Balaban J connectivity index is 2.68. The highest BCUT2D eigenvalue weighted by atomic mass is 16.5. The van der Waals surface area contributed by atoms with Crippen LogP contribution in [0.1, 0.15) is 75.2 Å². The summed E-state index contributed by atoms with van der Waals surface area (Å²) in [6, 6.07) is 0. The maximum atomic E-state index is 11.4. The largest absolute Gasteiger partial charge is 0.462 e. The number of carbonyl (C=O) groups is 2. The van der Waals surface area contributed by atoms with Gasteiger partial charge in [0, 0.05) is 20.3 Å². The maximum Gasteiger partial charge on any atom is 0.302 e. The van der Waals surface area contributed by atoms with Gasteiger partial charge in [-0.3, -0.25) is 9.59 Å². The fraction of sp³-hybridized carbons (Fsp3) is 0.412. The van der Waals surface area contributed by atoms with Crippen LogP contribution < -0.4 is 0 Å². The third-order valence-electron chi connectivity index (χ3n) is 6.10. The summed E-state index contributed by atoms with van der Waals surface area (Å²) in [5.74, 6) is -0.478. The summed E-state index contributed by atoms with van der Waals surface area (Å²) < 4.78 is 10.4. The Labute approximate surface area is 230 Å². The van der Waals surface area contributed by atoms with Gasteiger partial charge in [0.2, 0.25) is 0 Å². The van der Waals surface area contributed by atoms with Crippen molar-refractivity contribution in [1.29, 1.82) is 0 Å². The molecule has 0 saturated heterocycles. The van der Waals surface area contributed by atoms with Crippen LogP contribution in [0.3, 0.4) is 0 Å². The molecule has 0 aromatic carbocycles. The van der Waals surface area contributed by atoms with Gasteiger partial charge >= 0.3 is 11.9 Å². The molecule has 0 heterocycles. The molecule has 38 heavy (non-hydrogen) atoms. The summed E-state index contributed by atoms with van der Waals surface area (Å²) in [4.78, 5) is 22.2. The van der Waals surface area contributed by atoms with Crippen molar-refractivity contribution in [3.8, 4) is 0 Å². The van der Waals surface area contributed by atoms with Crippen LogP contribution >= 0.6 is 0 Å². The molecule has 0 unspecified atom stereocenters. The number of ether oxygens (including phenoxy) is 2. The van der Waals surface area contributed by atoms with Crippen LogP contribution in [0.25, 0.3) is 0 Å². The third-order valence-corrected chi connectivity index (χ3v) is 6.10. The zero-order valence-electron chi connectivity index (χ0n) is 24.8. The Morgan fingerprint density at radius 3 is 1.84 bits per heavy atom. The van der Waals surface area contributed by atoms with Crippen LogP contribution in [0.4, 0.5) is 0 Å². The first kappa shape index (κ1) is 32.6. The van der Waals surface area contributed by atoms with E-state index in [0.29, 0.717) is 6.61 Å². The van der Waals surface area contributed by atoms with E-state index in [9.17, 15) is 9.59 Å². The standard InChI is InChI=1S/C34H46O4/c1-25(14-10-11-15-26(2)17-13-19-28(4)24-37-30(6)35)16-12-18-27(3)20-21-33-29(5)22-32(38-31(7)36)23-34(33,8)9/h10-21,32H,22-24H2,1-9H3/b11-10+,16-12+,17-13+,21-20+,25-14+,26-15+,27-18+,28-19+/t32-/m1/s1. The molecular formula is C34H46O4. The lowest BCUT2D eigenvalue weighted by Gasteiger charge is -2.37. The van der Waals surface area contributed by atoms with Gasteiger partial charge in [-0.05, 0) is 57.6 Å². The number of hydrogen-bond acceptors (Lipinski definition) is 4. The minimum atomic E-state index is -0.270. The van der Waals surface area contributed by atoms with Crippen molar-refractivity contribution >= 4 is 11.9 Å². The molecule has 0 aromatic rings. The fourth-order valence-electron chi connectivity index (χ4n) is 4.24. The zero-order valence-corrected chi connectivity index (χ0v) is 24.8. The molecule has 206 valence electrons. The number of carbonyl (C=O) groups excluding carboxylic acids is 2. The highest BCUT2D eigenvalue weighted by Gasteiger charge is 2.33. The Morgan fingerprint density at radius 1 is 0.789 bits per heavy atom. The van der Waals surface area contributed by atoms with Crippen molar-refractivity contribution in [3.63, 3.8) is 0 Å². The molecule has 0 fully saturated rings. The minimum absolute atomic E-state index is 0.0368. The maximum absolute atomic E-state index is 11.4. The summed E-state index contributed by atoms with van der Waals surface area (Å²) >= 11 is 0. The van der Waals surface area contributed by atoms with Gasteiger partial charge in [-0.15, -0.1) is 0 Å². The Morgan fingerprint density at radius 2 is 1.32 bits per heavy atom. The van der Waals surface area contributed by atoms with Gasteiger partial charge in [-0.2, -0.15) is 0 Å². The first-order valence-electron chi connectivity index (χ1n) is 13.2. The average molecular weight is 519 g/mol. The van der Waals surface area contributed by atoms with E-state index in [1.165, 1.54) is 30.6 Å². The molecule has 1 rings (SSSR count). The minimum Gasteiger partial charge on any atom is -0.462 e. The average Bonchev–Trinajstić information content (AvgIpc) is 2.79. The summed E-state index contributed by atoms with van der Waals surface area (Å²) in [6.07, 6.45) is 26.3. The van der Waals surface area contributed by atoms with Crippen molar-refractivity contribution in [1.82, 2.24) is 0 Å². The summed E-state index contributed by atoms with van der Waals surface area (Å²) in [5.41, 5.74) is 7.01. The number of hydrogen-bond donors (Lipinski definition) is 0. The van der Waals surface area contributed by atoms with Crippen LogP contribution in [0.5, 0.6) is 0 Å². The number of esters is 2. The van der Waals surface area contributed by atoms with Crippen LogP contribution in [0.15, 0.2) is 106 Å². The molecule has 0 aliphatic heterocycles. The molecule has 0 spiro atoms. The molecule has 0 aromatic heterocycles. The first-order chi connectivity index (χ1) is 17.8. The van der Waals surface area contributed by atoms with Gasteiger partial charge < -0.3 is 9.47 Å². The summed E-state index contributed by atoms with van der Waals surface area (Å²) in [6.45, 7) is 17.9. The SMILES string of the molecule is CC(=O)OC/C(C)=C/C=C/C(C)=C/C=C/C=C(C)/C=C/C=C(C)/C=C/C1=C(C)C[C@@H](OC(C)=O)CC1(C)C. The lowest BCUT2D eigenvalue weighted by atomic mass is 9.71. The van der Waals surface area contributed by atoms with Crippen molar-refractivity contribution in [2.45, 2.75) is 81.3 Å². The van der Waals surface area contributed by atoms with E-state index < -0.39 is 0 Å². The number of allylic oxidation sites excluding steroid dienone is 16. The van der Waals surface area contributed by atoms with E-state index in [1.807, 2.05) is 50.3 Å². The van der Waals surface area contributed by atoms with Crippen molar-refractivity contribution in [2.75, 3.05) is 6.61 Å². The topological polar surface area (TPSA) is 52.6 Å². The quantitative estimate of drug-likeness (QED) is 0.203. The second-order valence-electron chi connectivity index (χ2n) is 10.7. The lowest BCUT2D eigenvalue weighted by Crippen LogP contribution is -2.31. The molecule has 1 aliphatic rings. The predicted octanol–water partition coefficient (Wildman–Crippen LogP) is 8.63. The Kier molecular flexibility index (Phi) is 14.1. The molecule has 0 radical (unpaired) electrons. The van der Waals surface area contributed by atoms with Crippen molar-refractivity contribution < 1.29 is 19.1 Å². The second-order valence-corrected chi connectivity index (χ2v) is 10.7. The van der Waals surface area contributed by atoms with E-state index in [1.54, 1.807) is 0 Å². The monoisotopic (exact) mass is 518 g/mol. The van der Waals surface area contributed by atoms with Gasteiger partial charge in [0.25, 0.3) is 0 Å². The van der Waals surface area contributed by atoms with Crippen molar-refractivity contribution in [2.24, 2.45) is 5.41 Å². The predicted molar refractivity (Wildman–Crippen MR) is 159 cm³/mol. The van der Waals surface area contributed by atoms with Crippen LogP contribution in [-0.2, 0) is 19.1 Å². The van der Waals surface area contributed by atoms with Crippen molar-refractivity contribution in [3.05, 3.63) is 106 Å². The van der Waals surface area contributed by atoms with Gasteiger partial charge in [-0.1, -0.05) is 109 Å². The highest BCUT2D eigenvalue weighted by molar-refractivity contribution is 5.66. The molecule has 0 amide bonds. The normalized spacial score (nSPS) is 19.9. The van der Waals surface area contributed by atoms with E-state index in [2.05, 4.69) is 71.1 Å². The van der Waals surface area contributed by atoms with Gasteiger partial charge in [0.1, 0.15) is 12.7 Å². The summed E-state index contributed by atoms with van der Waals surface area (Å²) in [5, 5.41) is 0. The van der Waals surface area contributed by atoms with E-state index >= 15 is 0 Å². The molecule has 0 saturated carbocycles. The van der Waals surface area contributed by atoms with E-state index in [-0.39, 0.29) is 23.5 Å². The first-order valence-corrected chi connectivity index (χ1v) is 13.2. The second kappa shape index (κ2) is 16.4. The lowest BCUT2D eigenvalue weighted by molar-refractivity contribution is -0.147. The highest BCUT2D eigenvalue weighted by Crippen LogP contribution is 2.42. The van der Waals surface area contributed by atoms with E-state index in [4.69, 9.17) is 9.47 Å². The summed E-state index contributed by atoms with van der Waals surface area (Å²) in [7, 11) is 0. The molecule has 1 aliphatic carbocycles. The van der Waals surface area contributed by atoms with Gasteiger partial charge in [0.05, 0.1) is 0 Å². The van der Waals surface area contributed by atoms with E-state index in [0.717, 1.165) is 29.6 Å². The van der Waals surface area contributed by atoms with Gasteiger partial charge in [-0.25, -0.2) is 0 Å². The van der Waals surface area contributed by atoms with Crippen LogP contribution in [-0.4, -0.2) is 24.6 Å².